The number of amides is 4. The van der Waals surface area contributed by atoms with Crippen molar-refractivity contribution in [1.82, 2.24) is 20.9 Å². The van der Waals surface area contributed by atoms with Crippen LogP contribution in [0.2, 0.25) is 0 Å². The van der Waals surface area contributed by atoms with Gasteiger partial charge in [0.15, 0.2) is 0 Å². The van der Waals surface area contributed by atoms with E-state index in [9.17, 15) is 24.0 Å². The zero-order valence-corrected chi connectivity index (χ0v) is 26.9. The first-order valence-electron chi connectivity index (χ1n) is 14.2. The van der Waals surface area contributed by atoms with Crippen LogP contribution in [0.3, 0.4) is 0 Å². The summed E-state index contributed by atoms with van der Waals surface area (Å²) < 4.78 is 0. The van der Waals surface area contributed by atoms with Crippen LogP contribution in [-0.4, -0.2) is 65.5 Å². The molecule has 40 heavy (non-hydrogen) atoms. The molecule has 1 unspecified atom stereocenters. The minimum absolute atomic E-state index is 0. The summed E-state index contributed by atoms with van der Waals surface area (Å²) in [5.41, 5.74) is -0.640. The van der Waals surface area contributed by atoms with Gasteiger partial charge >= 0.3 is 0 Å². The Balaban J connectivity index is 0. The molecule has 9 nitrogen and oxygen atoms in total. The maximum absolute atomic E-state index is 13.4. The van der Waals surface area contributed by atoms with Crippen LogP contribution in [0.1, 0.15) is 93.4 Å². The summed E-state index contributed by atoms with van der Waals surface area (Å²) in [4.78, 5) is 64.8. The van der Waals surface area contributed by atoms with E-state index in [4.69, 9.17) is 6.42 Å². The van der Waals surface area contributed by atoms with E-state index < -0.39 is 53.0 Å². The first-order valence-corrected chi connectivity index (χ1v) is 14.2. The summed E-state index contributed by atoms with van der Waals surface area (Å²) in [6.45, 7) is 17.6. The van der Waals surface area contributed by atoms with Crippen LogP contribution in [0.15, 0.2) is 12.7 Å². The van der Waals surface area contributed by atoms with Crippen molar-refractivity contribution in [3.8, 4) is 12.3 Å². The fourth-order valence-electron chi connectivity index (χ4n) is 4.05. The molecule has 0 aromatic rings. The third kappa shape index (κ3) is 13.7. The number of Topliss-reactive ketones (excluding diaryl/α,β-unsaturated/α-hetero) is 1. The number of carbonyl (C=O) groups excluding carboxylic acids is 5. The Bertz CT molecular complexity index is 890. The second kappa shape index (κ2) is 20.3. The van der Waals surface area contributed by atoms with Crippen molar-refractivity contribution >= 4 is 29.4 Å². The number of hydrogen-bond donors (Lipinski definition) is 3. The van der Waals surface area contributed by atoms with Gasteiger partial charge in [0.2, 0.25) is 17.6 Å². The van der Waals surface area contributed by atoms with E-state index in [1.54, 1.807) is 20.8 Å². The molecule has 1 saturated carbocycles. The summed E-state index contributed by atoms with van der Waals surface area (Å²) in [6.07, 6.45) is 12.2. The molecular weight excluding hydrogens is 547 g/mol. The fourth-order valence-corrected chi connectivity index (χ4v) is 4.05. The van der Waals surface area contributed by atoms with Gasteiger partial charge in [-0.25, -0.2) is 0 Å². The van der Waals surface area contributed by atoms with Gasteiger partial charge in [0.1, 0.15) is 12.1 Å². The molecule has 1 aliphatic carbocycles. The SMILES string of the molecule is C#CC(=O)N[C@H](C(=O)N1CCC[C@H]1C(=O)NC(CCC1CC1)C(=O)C(=O)NCC=C)C(C)(C)C.CC.CCC.[V]. The quantitative estimate of drug-likeness (QED) is 0.192. The van der Waals surface area contributed by atoms with E-state index in [0.717, 1.165) is 19.3 Å². The van der Waals surface area contributed by atoms with Gasteiger partial charge in [0.25, 0.3) is 11.8 Å². The zero-order valence-electron chi connectivity index (χ0n) is 25.5. The van der Waals surface area contributed by atoms with Gasteiger partial charge in [-0.05, 0) is 42.9 Å². The van der Waals surface area contributed by atoms with E-state index in [0.29, 0.717) is 31.7 Å². The van der Waals surface area contributed by atoms with E-state index in [-0.39, 0.29) is 25.1 Å². The maximum atomic E-state index is 13.4. The molecule has 10 heteroatoms. The van der Waals surface area contributed by atoms with Crippen molar-refractivity contribution in [2.45, 2.75) is 112 Å². The largest absolute Gasteiger partial charge is 0.346 e. The van der Waals surface area contributed by atoms with Crippen LogP contribution in [0.5, 0.6) is 0 Å². The molecule has 4 amide bonds. The number of ketones is 1. The topological polar surface area (TPSA) is 125 Å². The molecule has 0 aromatic carbocycles. The Morgan fingerprint density at radius 1 is 1.07 bits per heavy atom. The van der Waals surface area contributed by atoms with Crippen LogP contribution < -0.4 is 16.0 Å². The zero-order chi connectivity index (χ0) is 30.2. The average Bonchev–Trinajstić information content (AvgIpc) is 3.60. The molecule has 1 saturated heterocycles. The van der Waals surface area contributed by atoms with E-state index in [1.165, 1.54) is 17.4 Å². The Labute approximate surface area is 253 Å². The third-order valence-electron chi connectivity index (χ3n) is 6.18. The van der Waals surface area contributed by atoms with E-state index in [2.05, 4.69) is 36.4 Å². The number of hydrogen-bond acceptors (Lipinski definition) is 5. The molecule has 3 atom stereocenters. The van der Waals surface area contributed by atoms with Crippen molar-refractivity contribution in [1.29, 1.82) is 0 Å². The number of nitrogens with zero attached hydrogens (tertiary/aromatic N) is 1. The third-order valence-corrected chi connectivity index (χ3v) is 6.18. The second-order valence-electron chi connectivity index (χ2n) is 10.8. The molecule has 2 fully saturated rings. The number of rotatable bonds is 11. The van der Waals surface area contributed by atoms with Crippen LogP contribution >= 0.6 is 0 Å². The van der Waals surface area contributed by atoms with Crippen LogP contribution in [0, 0.1) is 23.7 Å². The van der Waals surface area contributed by atoms with Gasteiger partial charge in [0, 0.05) is 31.6 Å². The first-order chi connectivity index (χ1) is 18.4. The monoisotopic (exact) mass is 597 g/mol. The molecular formula is C30H50N4O5V. The van der Waals surface area contributed by atoms with Crippen molar-refractivity contribution in [3.05, 3.63) is 12.7 Å². The fraction of sp³-hybridized carbons (Fsp3) is 0.700. The van der Waals surface area contributed by atoms with Crippen molar-refractivity contribution < 1.29 is 42.5 Å². The smallest absolute Gasteiger partial charge is 0.296 e. The summed E-state index contributed by atoms with van der Waals surface area (Å²) in [6, 6.07) is -2.68. The number of terminal acetylenes is 1. The summed E-state index contributed by atoms with van der Waals surface area (Å²) in [5, 5.41) is 7.75. The average molecular weight is 598 g/mol. The second-order valence-corrected chi connectivity index (χ2v) is 10.8. The van der Waals surface area contributed by atoms with Gasteiger partial charge in [0.05, 0.1) is 6.04 Å². The predicted octanol–water partition coefficient (Wildman–Crippen LogP) is 3.13. The van der Waals surface area contributed by atoms with Crippen molar-refractivity contribution in [2.24, 2.45) is 11.3 Å². The minimum Gasteiger partial charge on any atom is -0.346 e. The van der Waals surface area contributed by atoms with Gasteiger partial charge in [-0.1, -0.05) is 73.8 Å². The number of likely N-dealkylation sites (tertiary alicyclic amines) is 1. The van der Waals surface area contributed by atoms with Gasteiger partial charge < -0.3 is 20.9 Å². The van der Waals surface area contributed by atoms with Gasteiger partial charge in [-0.2, -0.15) is 0 Å². The molecule has 0 bridgehead atoms. The molecule has 2 aliphatic rings. The molecule has 3 N–H and O–H groups in total. The van der Waals surface area contributed by atoms with Crippen LogP contribution in [0.25, 0.3) is 0 Å². The van der Waals surface area contributed by atoms with Crippen molar-refractivity contribution in [3.63, 3.8) is 0 Å². The summed E-state index contributed by atoms with van der Waals surface area (Å²) >= 11 is 0. The Kier molecular flexibility index (Phi) is 20.1. The molecule has 0 spiro atoms. The minimum atomic E-state index is -0.963. The molecule has 1 radical (unpaired) electrons. The maximum Gasteiger partial charge on any atom is 0.296 e. The van der Waals surface area contributed by atoms with Crippen LogP contribution in [-0.2, 0) is 42.5 Å². The summed E-state index contributed by atoms with van der Waals surface area (Å²) in [7, 11) is 0. The molecule has 2 rings (SSSR count). The standard InChI is InChI=1S/C25H36N4O5.C3H8.C2H6.V/c1-6-14-26-23(33)20(31)17(13-12-16-10-11-16)27-22(32)18-9-8-15-29(18)24(34)21(25(3,4)5)28-19(30)7-2;1-3-2;1-2;/h2,6,16-18,21H,1,8-15H2,3-5H3,(H,26,33)(H,27,32)(H,28,30);3H2,1-2H3;1-2H3;/t17?,18-,21+;;;/m0.../s1. The molecule has 0 aromatic heterocycles. The molecule has 1 heterocycles. The molecule has 1 aliphatic heterocycles. The van der Waals surface area contributed by atoms with E-state index in [1.807, 2.05) is 19.8 Å². The number of nitrogens with one attached hydrogen (secondary N) is 3. The van der Waals surface area contributed by atoms with Crippen LogP contribution in [0.4, 0.5) is 0 Å². The van der Waals surface area contributed by atoms with Gasteiger partial charge in [-0.3, -0.25) is 24.0 Å². The van der Waals surface area contributed by atoms with Gasteiger partial charge in [-0.15, -0.1) is 13.0 Å². The van der Waals surface area contributed by atoms with Crippen molar-refractivity contribution in [2.75, 3.05) is 13.1 Å². The Hall–Kier alpha value is -2.57. The predicted molar refractivity (Wildman–Crippen MR) is 154 cm³/mol. The van der Waals surface area contributed by atoms with E-state index >= 15 is 0 Å². The Morgan fingerprint density at radius 3 is 2.12 bits per heavy atom. The molecule has 225 valence electrons. The first kappa shape index (κ1) is 39.6. The normalized spacial score (nSPS) is 17.1. The Morgan fingerprint density at radius 2 is 1.65 bits per heavy atom. The number of carbonyl (C=O) groups is 5. The summed E-state index contributed by atoms with van der Waals surface area (Å²) in [5.74, 6) is -0.597.